The smallest absolute Gasteiger partial charge is 0.336 e. The highest BCUT2D eigenvalue weighted by Crippen LogP contribution is 2.37. The molecule has 1 aliphatic rings. The fourth-order valence-electron chi connectivity index (χ4n) is 4.49. The van der Waals surface area contributed by atoms with Crippen LogP contribution >= 0.6 is 0 Å². The first-order valence-electron chi connectivity index (χ1n) is 10.6. The Morgan fingerprint density at radius 2 is 1.90 bits per heavy atom. The van der Waals surface area contributed by atoms with Crippen molar-refractivity contribution in [2.24, 2.45) is 0 Å². The van der Waals surface area contributed by atoms with E-state index in [4.69, 9.17) is 0 Å². The highest BCUT2D eigenvalue weighted by atomic mass is 16.4. The highest BCUT2D eigenvalue weighted by molar-refractivity contribution is 5.89. The number of pyridine rings is 1. The molecule has 0 saturated heterocycles. The van der Waals surface area contributed by atoms with Gasteiger partial charge in [-0.2, -0.15) is 0 Å². The summed E-state index contributed by atoms with van der Waals surface area (Å²) in [7, 11) is 2.11. The molecule has 4 rings (SSSR count). The maximum atomic E-state index is 11.5. The quantitative estimate of drug-likeness (QED) is 0.559. The van der Waals surface area contributed by atoms with E-state index in [-0.39, 0.29) is 0 Å². The normalized spacial score (nSPS) is 15.5. The van der Waals surface area contributed by atoms with Crippen molar-refractivity contribution < 1.29 is 9.90 Å². The minimum absolute atomic E-state index is 0.371. The lowest BCUT2D eigenvalue weighted by Gasteiger charge is -2.28. The summed E-state index contributed by atoms with van der Waals surface area (Å²) < 4.78 is 0. The van der Waals surface area contributed by atoms with Crippen LogP contribution in [0.4, 0.5) is 11.4 Å². The largest absolute Gasteiger partial charge is 0.478 e. The van der Waals surface area contributed by atoms with Crippen molar-refractivity contribution in [2.45, 2.75) is 44.9 Å². The third-order valence-corrected chi connectivity index (χ3v) is 6.27. The molecule has 2 aromatic carbocycles. The summed E-state index contributed by atoms with van der Waals surface area (Å²) in [6, 6.07) is 17.0. The number of aromatic nitrogens is 1. The van der Waals surface area contributed by atoms with Gasteiger partial charge in [-0.1, -0.05) is 23.8 Å². The molecular formula is C26H28N2O2. The Kier molecular flexibility index (Phi) is 5.84. The van der Waals surface area contributed by atoms with Gasteiger partial charge in [0.05, 0.1) is 5.56 Å². The maximum Gasteiger partial charge on any atom is 0.336 e. The van der Waals surface area contributed by atoms with Crippen LogP contribution in [0.3, 0.4) is 0 Å². The lowest BCUT2D eigenvalue weighted by atomic mass is 9.79. The van der Waals surface area contributed by atoms with Crippen molar-refractivity contribution in [2.75, 3.05) is 11.9 Å². The summed E-state index contributed by atoms with van der Waals surface area (Å²) in [6.07, 6.45) is 8.38. The maximum absolute atomic E-state index is 11.5. The number of fused-ring (bicyclic) bond motifs is 1. The SMILES string of the molecule is Cc1ccc(N(C)c2ccc3c(c2)CCC[C@H]3CCc2cnccc2C(=O)O)cc1. The van der Waals surface area contributed by atoms with Crippen LogP contribution in [0.1, 0.15) is 57.8 Å². The van der Waals surface area contributed by atoms with Crippen LogP contribution in [0.2, 0.25) is 0 Å². The fourth-order valence-corrected chi connectivity index (χ4v) is 4.49. The van der Waals surface area contributed by atoms with E-state index in [0.717, 1.165) is 31.2 Å². The average molecular weight is 401 g/mol. The molecule has 0 saturated carbocycles. The van der Waals surface area contributed by atoms with E-state index >= 15 is 0 Å². The minimum atomic E-state index is -0.875. The van der Waals surface area contributed by atoms with Crippen LogP contribution in [0, 0.1) is 6.92 Å². The molecular weight excluding hydrogens is 372 g/mol. The van der Waals surface area contributed by atoms with Crippen molar-refractivity contribution in [3.05, 3.63) is 88.7 Å². The van der Waals surface area contributed by atoms with Gasteiger partial charge in [0.1, 0.15) is 0 Å². The van der Waals surface area contributed by atoms with Crippen molar-refractivity contribution in [1.29, 1.82) is 0 Å². The van der Waals surface area contributed by atoms with Gasteiger partial charge in [0.25, 0.3) is 0 Å². The number of aromatic carboxylic acids is 1. The fraction of sp³-hybridized carbons (Fsp3) is 0.308. The molecule has 0 aliphatic heterocycles. The summed E-state index contributed by atoms with van der Waals surface area (Å²) >= 11 is 0. The van der Waals surface area contributed by atoms with Gasteiger partial charge in [0.2, 0.25) is 0 Å². The molecule has 3 aromatic rings. The van der Waals surface area contributed by atoms with Gasteiger partial charge in [0, 0.05) is 30.8 Å². The Labute approximate surface area is 178 Å². The second kappa shape index (κ2) is 8.70. The first-order chi connectivity index (χ1) is 14.5. The summed E-state index contributed by atoms with van der Waals surface area (Å²) in [4.78, 5) is 17.8. The summed E-state index contributed by atoms with van der Waals surface area (Å²) in [5.41, 5.74) is 7.70. The van der Waals surface area contributed by atoms with E-state index in [9.17, 15) is 9.90 Å². The van der Waals surface area contributed by atoms with Crippen LogP contribution < -0.4 is 4.90 Å². The Morgan fingerprint density at radius 1 is 1.13 bits per heavy atom. The zero-order valence-electron chi connectivity index (χ0n) is 17.6. The van der Waals surface area contributed by atoms with Gasteiger partial charge >= 0.3 is 5.97 Å². The molecule has 1 aliphatic carbocycles. The third-order valence-electron chi connectivity index (χ3n) is 6.27. The molecule has 154 valence electrons. The summed E-state index contributed by atoms with van der Waals surface area (Å²) in [6.45, 7) is 2.10. The number of nitrogens with zero attached hydrogens (tertiary/aromatic N) is 2. The second-order valence-corrected chi connectivity index (χ2v) is 8.24. The third kappa shape index (κ3) is 4.23. The van der Waals surface area contributed by atoms with Crippen LogP contribution in [-0.2, 0) is 12.8 Å². The molecule has 1 N–H and O–H groups in total. The van der Waals surface area contributed by atoms with E-state index < -0.39 is 5.97 Å². The average Bonchev–Trinajstić information content (AvgIpc) is 2.77. The van der Waals surface area contributed by atoms with Crippen molar-refractivity contribution in [3.63, 3.8) is 0 Å². The number of anilines is 2. The monoisotopic (exact) mass is 400 g/mol. The number of rotatable bonds is 6. The van der Waals surface area contributed by atoms with E-state index in [1.807, 2.05) is 0 Å². The molecule has 1 atom stereocenters. The standard InChI is InChI=1S/C26H28N2O2/c1-18-6-10-22(11-7-18)28(2)23-12-13-24-19(4-3-5-20(24)16-23)8-9-21-17-27-15-14-25(21)26(29)30/h6-7,10-17,19H,3-5,8-9H2,1-2H3,(H,29,30)/t19-/m0/s1. The predicted octanol–water partition coefficient (Wildman–Crippen LogP) is 5.91. The Hall–Kier alpha value is -3.14. The molecule has 1 aromatic heterocycles. The summed E-state index contributed by atoms with van der Waals surface area (Å²) in [5.74, 6) is -0.408. The Bertz CT molecular complexity index is 1040. The number of carboxylic acids is 1. The number of hydrogen-bond donors (Lipinski definition) is 1. The molecule has 4 nitrogen and oxygen atoms in total. The van der Waals surface area contributed by atoms with Gasteiger partial charge in [-0.05, 0) is 92.0 Å². The Balaban J connectivity index is 1.52. The molecule has 0 spiro atoms. The van der Waals surface area contributed by atoms with Gasteiger partial charge < -0.3 is 10.0 Å². The molecule has 0 unspecified atom stereocenters. The number of carbonyl (C=O) groups is 1. The van der Waals surface area contributed by atoms with Crippen LogP contribution in [0.25, 0.3) is 0 Å². The summed E-state index contributed by atoms with van der Waals surface area (Å²) in [5, 5.41) is 9.42. The lowest BCUT2D eigenvalue weighted by molar-refractivity contribution is 0.0695. The van der Waals surface area contributed by atoms with Gasteiger partial charge in [-0.25, -0.2) is 4.79 Å². The number of aryl methyl sites for hydroxylation is 3. The molecule has 30 heavy (non-hydrogen) atoms. The first-order valence-corrected chi connectivity index (χ1v) is 10.6. The Morgan fingerprint density at radius 3 is 2.67 bits per heavy atom. The molecule has 0 fully saturated rings. The van der Waals surface area contributed by atoms with E-state index in [2.05, 4.69) is 66.3 Å². The van der Waals surface area contributed by atoms with Crippen molar-refractivity contribution in [1.82, 2.24) is 4.98 Å². The molecule has 1 heterocycles. The first kappa shape index (κ1) is 20.1. The highest BCUT2D eigenvalue weighted by Gasteiger charge is 2.22. The van der Waals surface area contributed by atoms with Crippen molar-refractivity contribution >= 4 is 17.3 Å². The predicted molar refractivity (Wildman–Crippen MR) is 121 cm³/mol. The zero-order valence-corrected chi connectivity index (χ0v) is 17.6. The van der Waals surface area contributed by atoms with Crippen molar-refractivity contribution in [3.8, 4) is 0 Å². The lowest BCUT2D eigenvalue weighted by Crippen LogP contribution is -2.14. The van der Waals surface area contributed by atoms with Crippen LogP contribution in [-0.4, -0.2) is 23.1 Å². The number of benzene rings is 2. The van der Waals surface area contributed by atoms with Gasteiger partial charge in [0.15, 0.2) is 0 Å². The number of carboxylic acid groups (broad SMARTS) is 1. The molecule has 0 amide bonds. The van der Waals surface area contributed by atoms with E-state index in [0.29, 0.717) is 11.5 Å². The molecule has 0 radical (unpaired) electrons. The van der Waals surface area contributed by atoms with E-state index in [1.54, 1.807) is 18.5 Å². The molecule has 0 bridgehead atoms. The topological polar surface area (TPSA) is 53.4 Å². The van der Waals surface area contributed by atoms with Gasteiger partial charge in [-0.3, -0.25) is 4.98 Å². The zero-order chi connectivity index (χ0) is 21.1. The second-order valence-electron chi connectivity index (χ2n) is 8.24. The molecule has 4 heteroatoms. The number of hydrogen-bond acceptors (Lipinski definition) is 3. The minimum Gasteiger partial charge on any atom is -0.478 e. The van der Waals surface area contributed by atoms with Gasteiger partial charge in [-0.15, -0.1) is 0 Å². The van der Waals surface area contributed by atoms with Crippen LogP contribution in [0.5, 0.6) is 0 Å². The van der Waals surface area contributed by atoms with Crippen LogP contribution in [0.15, 0.2) is 60.9 Å². The van der Waals surface area contributed by atoms with E-state index in [1.165, 1.54) is 34.5 Å².